The number of rotatable bonds is 1. The SMILES string of the molecule is CCNC(=O)n1cc(C)cn1. The molecule has 0 radical (unpaired) electrons. The molecule has 4 heteroatoms. The number of amides is 1. The number of hydrogen-bond donors (Lipinski definition) is 1. The standard InChI is InChI=1S/C7H11N3O/c1-3-8-7(11)10-5-6(2)4-9-10/h4-5H,3H2,1-2H3,(H,8,11). The van der Waals surface area contributed by atoms with Crippen LogP contribution in [0.1, 0.15) is 12.5 Å². The molecule has 1 aromatic rings. The van der Waals surface area contributed by atoms with Gasteiger partial charge in [0.15, 0.2) is 0 Å². The lowest BCUT2D eigenvalue weighted by Crippen LogP contribution is -2.28. The second-order valence-corrected chi connectivity index (χ2v) is 2.30. The normalized spacial score (nSPS) is 9.64. The molecule has 0 unspecified atom stereocenters. The topological polar surface area (TPSA) is 46.9 Å². The van der Waals surface area contributed by atoms with Gasteiger partial charge in [0.1, 0.15) is 0 Å². The quantitative estimate of drug-likeness (QED) is 0.647. The van der Waals surface area contributed by atoms with Crippen molar-refractivity contribution >= 4 is 6.03 Å². The van der Waals surface area contributed by atoms with Crippen LogP contribution in [0.25, 0.3) is 0 Å². The lowest BCUT2D eigenvalue weighted by atomic mass is 10.4. The van der Waals surface area contributed by atoms with Gasteiger partial charge in [-0.05, 0) is 19.4 Å². The van der Waals surface area contributed by atoms with Gasteiger partial charge >= 0.3 is 6.03 Å². The fourth-order valence-electron chi connectivity index (χ4n) is 0.756. The molecule has 11 heavy (non-hydrogen) atoms. The minimum absolute atomic E-state index is 0.180. The number of nitrogens with one attached hydrogen (secondary N) is 1. The van der Waals surface area contributed by atoms with Gasteiger partial charge in [-0.25, -0.2) is 4.79 Å². The molecule has 60 valence electrons. The summed E-state index contributed by atoms with van der Waals surface area (Å²) in [5, 5.41) is 6.48. The molecule has 0 saturated heterocycles. The molecule has 0 aliphatic carbocycles. The molecule has 0 aromatic carbocycles. The van der Waals surface area contributed by atoms with Crippen LogP contribution in [0.5, 0.6) is 0 Å². The number of aromatic nitrogens is 2. The van der Waals surface area contributed by atoms with Crippen molar-refractivity contribution in [1.29, 1.82) is 0 Å². The second-order valence-electron chi connectivity index (χ2n) is 2.30. The molecule has 0 atom stereocenters. The summed E-state index contributed by atoms with van der Waals surface area (Å²) in [6.45, 7) is 4.38. The van der Waals surface area contributed by atoms with Crippen molar-refractivity contribution in [3.05, 3.63) is 18.0 Å². The van der Waals surface area contributed by atoms with Crippen LogP contribution in [-0.2, 0) is 0 Å². The van der Waals surface area contributed by atoms with Crippen LogP contribution in [-0.4, -0.2) is 22.4 Å². The molecule has 0 spiro atoms. The molecule has 0 aliphatic heterocycles. The first kappa shape index (κ1) is 7.78. The Morgan fingerprint density at radius 2 is 2.55 bits per heavy atom. The fourth-order valence-corrected chi connectivity index (χ4v) is 0.756. The predicted molar refractivity (Wildman–Crippen MR) is 41.4 cm³/mol. The number of hydrogen-bond acceptors (Lipinski definition) is 2. The van der Waals surface area contributed by atoms with Crippen LogP contribution in [0.3, 0.4) is 0 Å². The van der Waals surface area contributed by atoms with Gasteiger partial charge in [-0.3, -0.25) is 0 Å². The van der Waals surface area contributed by atoms with Crippen molar-refractivity contribution < 1.29 is 4.79 Å². The van der Waals surface area contributed by atoms with Crippen LogP contribution in [0.4, 0.5) is 4.79 Å². The van der Waals surface area contributed by atoms with Crippen molar-refractivity contribution in [2.45, 2.75) is 13.8 Å². The molecular formula is C7H11N3O. The molecule has 0 bridgehead atoms. The molecule has 0 aliphatic rings. The van der Waals surface area contributed by atoms with E-state index in [9.17, 15) is 4.79 Å². The Morgan fingerprint density at radius 1 is 1.82 bits per heavy atom. The van der Waals surface area contributed by atoms with Crippen molar-refractivity contribution in [3.63, 3.8) is 0 Å². The summed E-state index contributed by atoms with van der Waals surface area (Å²) >= 11 is 0. The summed E-state index contributed by atoms with van der Waals surface area (Å²) in [6, 6.07) is -0.180. The minimum Gasteiger partial charge on any atom is -0.336 e. The van der Waals surface area contributed by atoms with Crippen molar-refractivity contribution in [2.24, 2.45) is 0 Å². The molecule has 0 saturated carbocycles. The number of nitrogens with zero attached hydrogens (tertiary/aromatic N) is 2. The zero-order valence-corrected chi connectivity index (χ0v) is 6.66. The lowest BCUT2D eigenvalue weighted by Gasteiger charge is -1.98. The molecular weight excluding hydrogens is 142 g/mol. The van der Waals surface area contributed by atoms with E-state index in [0.29, 0.717) is 6.54 Å². The van der Waals surface area contributed by atoms with Gasteiger partial charge in [0.25, 0.3) is 0 Å². The third-order valence-electron chi connectivity index (χ3n) is 1.25. The first-order valence-electron chi connectivity index (χ1n) is 3.53. The van der Waals surface area contributed by atoms with Gasteiger partial charge in [0.05, 0.1) is 6.20 Å². The van der Waals surface area contributed by atoms with E-state index in [1.807, 2.05) is 13.8 Å². The monoisotopic (exact) mass is 153 g/mol. The maximum atomic E-state index is 11.0. The summed E-state index contributed by atoms with van der Waals surface area (Å²) in [7, 11) is 0. The van der Waals surface area contributed by atoms with E-state index in [1.165, 1.54) is 4.68 Å². The zero-order valence-electron chi connectivity index (χ0n) is 6.66. The summed E-state index contributed by atoms with van der Waals surface area (Å²) < 4.78 is 1.29. The fraction of sp³-hybridized carbons (Fsp3) is 0.429. The molecule has 1 amide bonds. The Morgan fingerprint density at radius 3 is 3.00 bits per heavy atom. The first-order valence-corrected chi connectivity index (χ1v) is 3.53. The molecule has 1 heterocycles. The number of carbonyl (C=O) groups is 1. The Hall–Kier alpha value is -1.32. The summed E-state index contributed by atoms with van der Waals surface area (Å²) in [4.78, 5) is 11.0. The van der Waals surface area contributed by atoms with Gasteiger partial charge < -0.3 is 5.32 Å². The van der Waals surface area contributed by atoms with E-state index in [1.54, 1.807) is 12.4 Å². The largest absolute Gasteiger partial charge is 0.342 e. The van der Waals surface area contributed by atoms with Crippen molar-refractivity contribution in [3.8, 4) is 0 Å². The van der Waals surface area contributed by atoms with E-state index < -0.39 is 0 Å². The first-order chi connectivity index (χ1) is 5.24. The van der Waals surface area contributed by atoms with E-state index in [4.69, 9.17) is 0 Å². The van der Waals surface area contributed by atoms with Crippen LogP contribution in [0.15, 0.2) is 12.4 Å². The maximum Gasteiger partial charge on any atom is 0.342 e. The number of carbonyl (C=O) groups excluding carboxylic acids is 1. The molecule has 1 aromatic heterocycles. The van der Waals surface area contributed by atoms with E-state index in [0.717, 1.165) is 5.56 Å². The van der Waals surface area contributed by atoms with Crippen LogP contribution in [0.2, 0.25) is 0 Å². The molecule has 1 N–H and O–H groups in total. The average molecular weight is 153 g/mol. The minimum atomic E-state index is -0.180. The molecule has 0 fully saturated rings. The van der Waals surface area contributed by atoms with Gasteiger partial charge in [0.2, 0.25) is 0 Å². The van der Waals surface area contributed by atoms with Crippen molar-refractivity contribution in [1.82, 2.24) is 15.1 Å². The Kier molecular flexibility index (Phi) is 2.25. The zero-order chi connectivity index (χ0) is 8.27. The summed E-state index contributed by atoms with van der Waals surface area (Å²) in [6.07, 6.45) is 3.33. The lowest BCUT2D eigenvalue weighted by molar-refractivity contribution is 0.240. The smallest absolute Gasteiger partial charge is 0.336 e. The van der Waals surface area contributed by atoms with Gasteiger partial charge in [-0.15, -0.1) is 0 Å². The second kappa shape index (κ2) is 3.18. The van der Waals surface area contributed by atoms with E-state index in [2.05, 4.69) is 10.4 Å². The van der Waals surface area contributed by atoms with E-state index >= 15 is 0 Å². The number of aryl methyl sites for hydroxylation is 1. The third kappa shape index (κ3) is 1.80. The Bertz CT molecular complexity index is 254. The van der Waals surface area contributed by atoms with Gasteiger partial charge in [-0.2, -0.15) is 9.78 Å². The average Bonchev–Trinajstić information content (AvgIpc) is 2.36. The van der Waals surface area contributed by atoms with Crippen LogP contribution in [0, 0.1) is 6.92 Å². The Balaban J connectivity index is 2.69. The highest BCUT2D eigenvalue weighted by molar-refractivity contribution is 5.75. The van der Waals surface area contributed by atoms with Gasteiger partial charge in [0, 0.05) is 12.7 Å². The summed E-state index contributed by atoms with van der Waals surface area (Å²) in [5.74, 6) is 0. The van der Waals surface area contributed by atoms with Crippen LogP contribution < -0.4 is 5.32 Å². The molecule has 4 nitrogen and oxygen atoms in total. The van der Waals surface area contributed by atoms with Crippen molar-refractivity contribution in [2.75, 3.05) is 6.54 Å². The van der Waals surface area contributed by atoms with Crippen LogP contribution >= 0.6 is 0 Å². The Labute approximate surface area is 65.2 Å². The van der Waals surface area contributed by atoms with Gasteiger partial charge in [-0.1, -0.05) is 0 Å². The van der Waals surface area contributed by atoms with E-state index in [-0.39, 0.29) is 6.03 Å². The third-order valence-corrected chi connectivity index (χ3v) is 1.25. The highest BCUT2D eigenvalue weighted by atomic mass is 16.2. The summed E-state index contributed by atoms with van der Waals surface area (Å²) in [5.41, 5.74) is 0.983. The maximum absolute atomic E-state index is 11.0. The predicted octanol–water partition coefficient (Wildman–Crippen LogP) is 0.769. The highest BCUT2D eigenvalue weighted by Gasteiger charge is 2.01. The molecule has 1 rings (SSSR count). The highest BCUT2D eigenvalue weighted by Crippen LogP contribution is 1.92.